The van der Waals surface area contributed by atoms with Crippen LogP contribution in [0.25, 0.3) is 0 Å². The zero-order valence-electron chi connectivity index (χ0n) is 21.2. The van der Waals surface area contributed by atoms with Crippen LogP contribution in [-0.4, -0.2) is 83.0 Å². The van der Waals surface area contributed by atoms with Crippen LogP contribution in [-0.2, 0) is 33.5 Å². The van der Waals surface area contributed by atoms with E-state index in [2.05, 4.69) is 0 Å². The number of amides is 2. The maximum absolute atomic E-state index is 13.1. The van der Waals surface area contributed by atoms with Gasteiger partial charge in [0, 0.05) is 24.1 Å². The minimum Gasteiger partial charge on any atom is -0.481 e. The van der Waals surface area contributed by atoms with Gasteiger partial charge in [-0.3, -0.25) is 19.2 Å². The number of carbonyl (C=O) groups is 5. The number of hydroxylamine groups is 2. The van der Waals surface area contributed by atoms with Crippen LogP contribution in [0.5, 0.6) is 0 Å². The van der Waals surface area contributed by atoms with Crippen molar-refractivity contribution in [3.63, 3.8) is 0 Å². The number of hydrogen-bond donors (Lipinski definition) is 1. The Morgan fingerprint density at radius 1 is 1.03 bits per heavy atom. The summed E-state index contributed by atoms with van der Waals surface area (Å²) in [6.07, 6.45) is 2.04. The molecule has 34 heavy (non-hydrogen) atoms. The summed E-state index contributed by atoms with van der Waals surface area (Å²) < 4.78 is 5.01. The van der Waals surface area contributed by atoms with Gasteiger partial charge in [0.25, 0.3) is 11.8 Å². The molecule has 2 unspecified atom stereocenters. The number of rotatable bonds is 14. The second-order valence-corrected chi connectivity index (χ2v) is 11.7. The maximum atomic E-state index is 13.1. The van der Waals surface area contributed by atoms with Crippen LogP contribution in [0.1, 0.15) is 59.8 Å². The van der Waals surface area contributed by atoms with Gasteiger partial charge in [-0.2, -0.15) is 11.8 Å². The molecule has 0 bridgehead atoms. The topological polar surface area (TPSA) is 131 Å². The molecule has 0 aliphatic carbocycles. The zero-order chi connectivity index (χ0) is 26.3. The molecule has 0 aromatic heterocycles. The summed E-state index contributed by atoms with van der Waals surface area (Å²) in [6, 6.07) is 0. The number of esters is 1. The molecule has 1 rings (SSSR count). The number of hydrogen-bond acceptors (Lipinski definition) is 9. The summed E-state index contributed by atoms with van der Waals surface area (Å²) in [5.41, 5.74) is -1.24. The van der Waals surface area contributed by atoms with Crippen molar-refractivity contribution in [2.75, 3.05) is 33.5 Å². The van der Waals surface area contributed by atoms with Crippen LogP contribution in [0, 0.1) is 17.3 Å². The molecule has 0 saturated carbocycles. The molecule has 1 saturated heterocycles. The van der Waals surface area contributed by atoms with Crippen molar-refractivity contribution in [2.45, 2.75) is 64.5 Å². The standard InChI is InChI=1S/C23H38N2O8S/c1-22(2,21(30)31)13-15(19(28)32-11-10-24(5)6)12-16(14-23(3,4)34-7)20(29)33-25-17(26)8-9-18(25)27/h15-16H,8-14H2,1-7H3,(H,30,31). The van der Waals surface area contributed by atoms with Crippen LogP contribution in [0.3, 0.4) is 0 Å². The summed E-state index contributed by atoms with van der Waals surface area (Å²) >= 11 is 1.52. The van der Waals surface area contributed by atoms with Crippen molar-refractivity contribution in [3.05, 3.63) is 0 Å². The van der Waals surface area contributed by atoms with E-state index in [1.54, 1.807) is 0 Å². The number of carboxylic acid groups (broad SMARTS) is 1. The summed E-state index contributed by atoms with van der Waals surface area (Å²) in [5, 5.41) is 10.1. The van der Waals surface area contributed by atoms with Crippen molar-refractivity contribution >= 4 is 41.5 Å². The lowest BCUT2D eigenvalue weighted by Crippen LogP contribution is -2.39. The third-order valence-electron chi connectivity index (χ3n) is 5.83. The Balaban J connectivity index is 3.17. The first-order valence-electron chi connectivity index (χ1n) is 11.3. The second kappa shape index (κ2) is 12.5. The molecule has 0 spiro atoms. The summed E-state index contributed by atoms with van der Waals surface area (Å²) in [7, 11) is 3.66. The lowest BCUT2D eigenvalue weighted by Gasteiger charge is -2.31. The molecule has 1 aliphatic heterocycles. The smallest absolute Gasteiger partial charge is 0.336 e. The number of nitrogens with zero attached hydrogens (tertiary/aromatic N) is 2. The third-order valence-corrected chi connectivity index (χ3v) is 7.10. The number of carbonyl (C=O) groups excluding carboxylic acids is 4. The SMILES string of the molecule is CSC(C)(C)CC(CC(CC(C)(C)C(=O)O)C(=O)OCCN(C)C)C(=O)ON1C(=O)CCC1=O. The molecule has 1 aliphatic rings. The molecule has 1 fully saturated rings. The van der Waals surface area contributed by atoms with Gasteiger partial charge >= 0.3 is 17.9 Å². The van der Waals surface area contributed by atoms with Crippen LogP contribution >= 0.6 is 11.8 Å². The minimum atomic E-state index is -1.24. The van der Waals surface area contributed by atoms with E-state index in [4.69, 9.17) is 9.57 Å². The van der Waals surface area contributed by atoms with Gasteiger partial charge in [-0.1, -0.05) is 13.8 Å². The maximum Gasteiger partial charge on any atom is 0.336 e. The monoisotopic (exact) mass is 502 g/mol. The van der Waals surface area contributed by atoms with Crippen LogP contribution in [0.4, 0.5) is 0 Å². The number of imide groups is 1. The van der Waals surface area contributed by atoms with Gasteiger partial charge in [-0.15, -0.1) is 5.06 Å². The molecule has 194 valence electrons. The van der Waals surface area contributed by atoms with Crippen LogP contribution in [0.15, 0.2) is 0 Å². The van der Waals surface area contributed by atoms with E-state index in [0.29, 0.717) is 11.6 Å². The average Bonchev–Trinajstić information content (AvgIpc) is 3.03. The lowest BCUT2D eigenvalue weighted by atomic mass is 9.78. The molecular weight excluding hydrogens is 464 g/mol. The predicted molar refractivity (Wildman–Crippen MR) is 127 cm³/mol. The Morgan fingerprint density at radius 3 is 2.03 bits per heavy atom. The van der Waals surface area contributed by atoms with E-state index in [0.717, 1.165) is 0 Å². The highest BCUT2D eigenvalue weighted by Crippen LogP contribution is 2.36. The molecule has 1 heterocycles. The second-order valence-electron chi connectivity index (χ2n) is 10.2. The first-order valence-corrected chi connectivity index (χ1v) is 12.5. The van der Waals surface area contributed by atoms with Crippen LogP contribution in [0.2, 0.25) is 0 Å². The summed E-state index contributed by atoms with van der Waals surface area (Å²) in [5.74, 6) is -5.40. The molecule has 0 radical (unpaired) electrons. The molecule has 2 atom stereocenters. The summed E-state index contributed by atoms with van der Waals surface area (Å²) in [4.78, 5) is 68.7. The zero-order valence-corrected chi connectivity index (χ0v) is 22.0. The first-order chi connectivity index (χ1) is 15.6. The normalized spacial score (nSPS) is 16.5. The van der Waals surface area contributed by atoms with Crippen molar-refractivity contribution in [2.24, 2.45) is 17.3 Å². The van der Waals surface area contributed by atoms with Gasteiger partial charge < -0.3 is 19.6 Å². The number of aliphatic carboxylic acids is 1. The first kappa shape index (κ1) is 29.9. The van der Waals surface area contributed by atoms with Gasteiger partial charge in [-0.05, 0) is 53.5 Å². The Kier molecular flexibility index (Phi) is 11.0. The van der Waals surface area contributed by atoms with Gasteiger partial charge in [0.05, 0.1) is 17.3 Å². The highest BCUT2D eigenvalue weighted by molar-refractivity contribution is 7.99. The van der Waals surface area contributed by atoms with Crippen molar-refractivity contribution < 1.29 is 38.7 Å². The molecule has 0 aromatic carbocycles. The molecular formula is C23H38N2O8S. The van der Waals surface area contributed by atoms with E-state index < -0.39 is 47.0 Å². The van der Waals surface area contributed by atoms with E-state index in [9.17, 15) is 29.1 Å². The van der Waals surface area contributed by atoms with E-state index >= 15 is 0 Å². The summed E-state index contributed by atoms with van der Waals surface area (Å²) in [6.45, 7) is 7.49. The molecule has 1 N–H and O–H groups in total. The average molecular weight is 503 g/mol. The Hall–Kier alpha value is -2.14. The number of ether oxygens (including phenoxy) is 1. The van der Waals surface area contributed by atoms with E-state index in [1.165, 1.54) is 25.6 Å². The fourth-order valence-electron chi connectivity index (χ4n) is 3.52. The number of thioether (sulfide) groups is 1. The highest BCUT2D eigenvalue weighted by Gasteiger charge is 2.41. The van der Waals surface area contributed by atoms with E-state index in [-0.39, 0.29) is 43.5 Å². The third kappa shape index (κ3) is 9.25. The van der Waals surface area contributed by atoms with Crippen molar-refractivity contribution in [1.82, 2.24) is 9.96 Å². The molecule has 11 heteroatoms. The van der Waals surface area contributed by atoms with Crippen LogP contribution < -0.4 is 0 Å². The largest absolute Gasteiger partial charge is 0.481 e. The molecule has 2 amide bonds. The molecule has 10 nitrogen and oxygen atoms in total. The Morgan fingerprint density at radius 2 is 1.56 bits per heavy atom. The van der Waals surface area contributed by atoms with Crippen molar-refractivity contribution in [3.8, 4) is 0 Å². The van der Waals surface area contributed by atoms with Gasteiger partial charge in [0.2, 0.25) is 0 Å². The lowest BCUT2D eigenvalue weighted by molar-refractivity contribution is -0.201. The van der Waals surface area contributed by atoms with Gasteiger partial charge in [0.15, 0.2) is 0 Å². The fraction of sp³-hybridized carbons (Fsp3) is 0.783. The number of carboxylic acids is 1. The molecule has 0 aromatic rings. The van der Waals surface area contributed by atoms with Crippen molar-refractivity contribution in [1.29, 1.82) is 0 Å². The highest BCUT2D eigenvalue weighted by atomic mass is 32.2. The number of likely N-dealkylation sites (N-methyl/N-ethyl adjacent to an activating group) is 1. The quantitative estimate of drug-likeness (QED) is 0.279. The van der Waals surface area contributed by atoms with E-state index in [1.807, 2.05) is 39.1 Å². The Bertz CT molecular complexity index is 765. The predicted octanol–water partition coefficient (Wildman–Crippen LogP) is 2.35. The van der Waals surface area contributed by atoms with Gasteiger partial charge in [-0.25, -0.2) is 4.79 Å². The van der Waals surface area contributed by atoms with Gasteiger partial charge in [0.1, 0.15) is 6.61 Å². The fourth-order valence-corrected chi connectivity index (χ4v) is 3.89. The minimum absolute atomic E-state index is 0.0271. The Labute approximate surface area is 205 Å².